The van der Waals surface area contributed by atoms with E-state index in [0.717, 1.165) is 41.0 Å². The summed E-state index contributed by atoms with van der Waals surface area (Å²) in [5, 5.41) is 7.33. The van der Waals surface area contributed by atoms with Gasteiger partial charge in [0.05, 0.1) is 5.69 Å². The Morgan fingerprint density at radius 1 is 1.29 bits per heavy atom. The van der Waals surface area contributed by atoms with E-state index in [1.807, 2.05) is 30.3 Å². The van der Waals surface area contributed by atoms with E-state index >= 15 is 0 Å². The van der Waals surface area contributed by atoms with Crippen LogP contribution < -0.4 is 5.32 Å². The van der Waals surface area contributed by atoms with Crippen LogP contribution in [-0.2, 0) is 6.54 Å². The predicted molar refractivity (Wildman–Crippen MR) is 71.6 cm³/mol. The van der Waals surface area contributed by atoms with Crippen LogP contribution in [0.3, 0.4) is 0 Å². The minimum absolute atomic E-state index is 0.758. The summed E-state index contributed by atoms with van der Waals surface area (Å²) < 4.78 is 6.38. The number of rotatable bonds is 5. The molecule has 17 heavy (non-hydrogen) atoms. The van der Waals surface area contributed by atoms with Crippen molar-refractivity contribution < 1.29 is 4.52 Å². The third-order valence-corrected chi connectivity index (χ3v) is 2.95. The SMILES string of the molecule is CCCNCc1cc(-c2ccc(Br)cc2)on1. The molecule has 0 aliphatic heterocycles. The molecule has 90 valence electrons. The number of halogens is 1. The highest BCUT2D eigenvalue weighted by Crippen LogP contribution is 2.22. The first-order valence-electron chi connectivity index (χ1n) is 5.72. The van der Waals surface area contributed by atoms with Crippen LogP contribution in [0.5, 0.6) is 0 Å². The minimum Gasteiger partial charge on any atom is -0.356 e. The van der Waals surface area contributed by atoms with Crippen molar-refractivity contribution in [3.05, 3.63) is 40.5 Å². The van der Waals surface area contributed by atoms with E-state index in [2.05, 4.69) is 33.3 Å². The molecule has 0 bridgehead atoms. The van der Waals surface area contributed by atoms with Gasteiger partial charge >= 0.3 is 0 Å². The molecule has 2 aromatic rings. The molecular formula is C13H15BrN2O. The highest BCUT2D eigenvalue weighted by molar-refractivity contribution is 9.10. The first kappa shape index (κ1) is 12.3. The predicted octanol–water partition coefficient (Wildman–Crippen LogP) is 3.60. The Morgan fingerprint density at radius 2 is 2.06 bits per heavy atom. The van der Waals surface area contributed by atoms with Gasteiger partial charge in [-0.2, -0.15) is 0 Å². The summed E-state index contributed by atoms with van der Waals surface area (Å²) in [6.07, 6.45) is 1.12. The average Bonchev–Trinajstić information content (AvgIpc) is 2.79. The molecule has 0 spiro atoms. The Labute approximate surface area is 109 Å². The van der Waals surface area contributed by atoms with E-state index in [1.165, 1.54) is 0 Å². The second-order valence-electron chi connectivity index (χ2n) is 3.87. The van der Waals surface area contributed by atoms with Gasteiger partial charge in [0, 0.05) is 22.6 Å². The largest absolute Gasteiger partial charge is 0.356 e. The summed E-state index contributed by atoms with van der Waals surface area (Å²) in [5.41, 5.74) is 1.99. The molecule has 0 fully saturated rings. The molecule has 1 heterocycles. The number of aromatic nitrogens is 1. The smallest absolute Gasteiger partial charge is 0.167 e. The van der Waals surface area contributed by atoms with Crippen molar-refractivity contribution in [2.75, 3.05) is 6.54 Å². The molecule has 0 radical (unpaired) electrons. The maximum absolute atomic E-state index is 5.32. The first-order valence-corrected chi connectivity index (χ1v) is 6.51. The molecule has 3 nitrogen and oxygen atoms in total. The Balaban J connectivity index is 2.04. The van der Waals surface area contributed by atoms with Crippen LogP contribution in [0.15, 0.2) is 39.3 Å². The summed E-state index contributed by atoms with van der Waals surface area (Å²) in [7, 11) is 0. The van der Waals surface area contributed by atoms with Gasteiger partial charge in [-0.25, -0.2) is 0 Å². The molecule has 2 rings (SSSR count). The fourth-order valence-corrected chi connectivity index (χ4v) is 1.80. The Kier molecular flexibility index (Phi) is 4.34. The maximum atomic E-state index is 5.32. The lowest BCUT2D eigenvalue weighted by molar-refractivity contribution is 0.420. The number of nitrogens with zero attached hydrogens (tertiary/aromatic N) is 1. The van der Waals surface area contributed by atoms with E-state index in [4.69, 9.17) is 4.52 Å². The second kappa shape index (κ2) is 5.98. The molecule has 0 saturated carbocycles. The lowest BCUT2D eigenvalue weighted by Crippen LogP contribution is -2.13. The topological polar surface area (TPSA) is 38.1 Å². The van der Waals surface area contributed by atoms with Crippen molar-refractivity contribution in [1.29, 1.82) is 0 Å². The van der Waals surface area contributed by atoms with Gasteiger partial charge in [0.15, 0.2) is 5.76 Å². The minimum atomic E-state index is 0.758. The van der Waals surface area contributed by atoms with Gasteiger partial charge in [0.2, 0.25) is 0 Å². The van der Waals surface area contributed by atoms with Crippen LogP contribution in [0.2, 0.25) is 0 Å². The standard InChI is InChI=1S/C13H15BrN2O/c1-2-7-15-9-12-8-13(17-16-12)10-3-5-11(14)6-4-10/h3-6,8,15H,2,7,9H2,1H3. The van der Waals surface area contributed by atoms with Gasteiger partial charge in [0.1, 0.15) is 0 Å². The first-order chi connectivity index (χ1) is 8.29. The van der Waals surface area contributed by atoms with Crippen molar-refractivity contribution in [2.24, 2.45) is 0 Å². The third-order valence-electron chi connectivity index (χ3n) is 2.42. The van der Waals surface area contributed by atoms with E-state index in [9.17, 15) is 0 Å². The summed E-state index contributed by atoms with van der Waals surface area (Å²) in [4.78, 5) is 0. The molecule has 0 amide bonds. The monoisotopic (exact) mass is 294 g/mol. The summed E-state index contributed by atoms with van der Waals surface area (Å²) in [6, 6.07) is 9.98. The molecule has 0 saturated heterocycles. The van der Waals surface area contributed by atoms with E-state index < -0.39 is 0 Å². The van der Waals surface area contributed by atoms with Gasteiger partial charge in [-0.15, -0.1) is 0 Å². The number of benzene rings is 1. The average molecular weight is 295 g/mol. The zero-order valence-corrected chi connectivity index (χ0v) is 11.3. The molecular weight excluding hydrogens is 280 g/mol. The molecule has 1 aromatic heterocycles. The van der Waals surface area contributed by atoms with Gasteiger partial charge < -0.3 is 9.84 Å². The highest BCUT2D eigenvalue weighted by atomic mass is 79.9. The van der Waals surface area contributed by atoms with Crippen LogP contribution in [0, 0.1) is 0 Å². The van der Waals surface area contributed by atoms with E-state index in [1.54, 1.807) is 0 Å². The summed E-state index contributed by atoms with van der Waals surface area (Å²) >= 11 is 3.41. The quantitative estimate of drug-likeness (QED) is 0.856. The van der Waals surface area contributed by atoms with E-state index in [0.29, 0.717) is 0 Å². The zero-order chi connectivity index (χ0) is 12.1. The molecule has 1 aromatic carbocycles. The van der Waals surface area contributed by atoms with Crippen LogP contribution in [0.25, 0.3) is 11.3 Å². The van der Waals surface area contributed by atoms with Crippen molar-refractivity contribution in [3.8, 4) is 11.3 Å². The number of hydrogen-bond donors (Lipinski definition) is 1. The van der Waals surface area contributed by atoms with Gasteiger partial charge in [-0.3, -0.25) is 0 Å². The van der Waals surface area contributed by atoms with Gasteiger partial charge in [-0.1, -0.05) is 40.1 Å². The van der Waals surface area contributed by atoms with Crippen LogP contribution >= 0.6 is 15.9 Å². The molecule has 4 heteroatoms. The van der Waals surface area contributed by atoms with Crippen molar-refractivity contribution in [3.63, 3.8) is 0 Å². The Morgan fingerprint density at radius 3 is 2.76 bits per heavy atom. The number of hydrogen-bond acceptors (Lipinski definition) is 3. The normalized spacial score (nSPS) is 10.7. The number of nitrogens with one attached hydrogen (secondary N) is 1. The lowest BCUT2D eigenvalue weighted by Gasteiger charge is -1.96. The van der Waals surface area contributed by atoms with Crippen molar-refractivity contribution in [1.82, 2.24) is 10.5 Å². The van der Waals surface area contributed by atoms with Gasteiger partial charge in [-0.05, 0) is 25.1 Å². The van der Waals surface area contributed by atoms with Crippen LogP contribution in [0.1, 0.15) is 19.0 Å². The Bertz CT molecular complexity index is 465. The lowest BCUT2D eigenvalue weighted by atomic mass is 10.1. The molecule has 1 N–H and O–H groups in total. The molecule has 0 aliphatic carbocycles. The molecule has 0 unspecified atom stereocenters. The maximum Gasteiger partial charge on any atom is 0.167 e. The fraction of sp³-hybridized carbons (Fsp3) is 0.308. The van der Waals surface area contributed by atoms with E-state index in [-0.39, 0.29) is 0 Å². The zero-order valence-electron chi connectivity index (χ0n) is 9.74. The third kappa shape index (κ3) is 3.41. The van der Waals surface area contributed by atoms with Crippen LogP contribution in [0.4, 0.5) is 0 Å². The fourth-order valence-electron chi connectivity index (χ4n) is 1.54. The Hall–Kier alpha value is -1.13. The summed E-state index contributed by atoms with van der Waals surface area (Å²) in [6.45, 7) is 3.90. The summed E-state index contributed by atoms with van der Waals surface area (Å²) in [5.74, 6) is 0.811. The van der Waals surface area contributed by atoms with Gasteiger partial charge in [0.25, 0.3) is 0 Å². The highest BCUT2D eigenvalue weighted by Gasteiger charge is 2.05. The van der Waals surface area contributed by atoms with Crippen LogP contribution in [-0.4, -0.2) is 11.7 Å². The van der Waals surface area contributed by atoms with Crippen molar-refractivity contribution in [2.45, 2.75) is 19.9 Å². The second-order valence-corrected chi connectivity index (χ2v) is 4.78. The molecule has 0 aliphatic rings. The van der Waals surface area contributed by atoms with Crippen molar-refractivity contribution >= 4 is 15.9 Å². The molecule has 0 atom stereocenters.